The molecule has 5 heteroatoms. The van der Waals surface area contributed by atoms with Crippen molar-refractivity contribution in [3.8, 4) is 0 Å². The Morgan fingerprint density at radius 2 is 1.75 bits per heavy atom. The number of benzene rings is 1. The van der Waals surface area contributed by atoms with Crippen molar-refractivity contribution in [2.45, 2.75) is 44.2 Å². The van der Waals surface area contributed by atoms with Gasteiger partial charge in [0, 0.05) is 26.7 Å². The number of carbonyl (C=O) groups excluding carboxylic acids is 2. The second kappa shape index (κ2) is 7.79. The highest BCUT2D eigenvalue weighted by molar-refractivity contribution is 5.86. The molecule has 2 aliphatic rings. The molecule has 2 atom stereocenters. The zero-order valence-electron chi connectivity index (χ0n) is 14.4. The van der Waals surface area contributed by atoms with Gasteiger partial charge in [0.15, 0.2) is 0 Å². The van der Waals surface area contributed by atoms with E-state index < -0.39 is 6.04 Å². The van der Waals surface area contributed by atoms with Crippen LogP contribution < -0.4 is 5.32 Å². The van der Waals surface area contributed by atoms with Crippen molar-refractivity contribution in [2.75, 3.05) is 26.7 Å². The minimum Gasteiger partial charge on any atom is -0.358 e. The van der Waals surface area contributed by atoms with E-state index in [4.69, 9.17) is 0 Å². The van der Waals surface area contributed by atoms with Crippen LogP contribution in [0.5, 0.6) is 0 Å². The number of hydrogen-bond acceptors (Lipinski definition) is 3. The largest absolute Gasteiger partial charge is 0.358 e. The Kier molecular flexibility index (Phi) is 5.51. The molecule has 24 heavy (non-hydrogen) atoms. The van der Waals surface area contributed by atoms with Crippen LogP contribution in [-0.2, 0) is 9.59 Å². The molecule has 0 saturated carbocycles. The number of rotatable bonds is 4. The highest BCUT2D eigenvalue weighted by Crippen LogP contribution is 2.31. The monoisotopic (exact) mass is 329 g/mol. The predicted octanol–water partition coefficient (Wildman–Crippen LogP) is 1.95. The van der Waals surface area contributed by atoms with E-state index in [2.05, 4.69) is 10.2 Å². The summed E-state index contributed by atoms with van der Waals surface area (Å²) >= 11 is 0. The number of nitrogens with one attached hydrogen (secondary N) is 1. The van der Waals surface area contributed by atoms with Gasteiger partial charge in [0.05, 0.1) is 6.04 Å². The summed E-state index contributed by atoms with van der Waals surface area (Å²) in [6.07, 6.45) is 5.20. The van der Waals surface area contributed by atoms with Crippen molar-refractivity contribution >= 4 is 11.8 Å². The first-order chi connectivity index (χ1) is 11.7. The van der Waals surface area contributed by atoms with E-state index in [0.29, 0.717) is 0 Å². The highest BCUT2D eigenvalue weighted by Gasteiger charge is 2.40. The molecule has 130 valence electrons. The van der Waals surface area contributed by atoms with E-state index in [-0.39, 0.29) is 17.9 Å². The maximum Gasteiger partial charge on any atom is 0.241 e. The fourth-order valence-corrected chi connectivity index (χ4v) is 3.95. The lowest BCUT2D eigenvalue weighted by atomic mass is 10.0. The number of hydrogen-bond donors (Lipinski definition) is 1. The second-order valence-electron chi connectivity index (χ2n) is 6.71. The van der Waals surface area contributed by atoms with Crippen molar-refractivity contribution in [3.63, 3.8) is 0 Å². The molecular weight excluding hydrogens is 302 g/mol. The van der Waals surface area contributed by atoms with Crippen LogP contribution in [0.25, 0.3) is 0 Å². The Labute approximate surface area is 144 Å². The molecule has 0 unspecified atom stereocenters. The number of nitrogens with zero attached hydrogens (tertiary/aromatic N) is 2. The van der Waals surface area contributed by atoms with Crippen molar-refractivity contribution < 1.29 is 9.59 Å². The SMILES string of the molecule is CNC(=O)[C@@H](c1ccccc1)N1CCC[C@H]1C(=O)N1CCCCC1. The van der Waals surface area contributed by atoms with Crippen LogP contribution >= 0.6 is 0 Å². The van der Waals surface area contributed by atoms with Gasteiger partial charge in [-0.05, 0) is 37.7 Å². The Bertz CT molecular complexity index is 569. The number of piperidine rings is 1. The summed E-state index contributed by atoms with van der Waals surface area (Å²) in [5.41, 5.74) is 0.954. The molecule has 0 spiro atoms. The van der Waals surface area contributed by atoms with Crippen LogP contribution in [0.1, 0.15) is 43.7 Å². The van der Waals surface area contributed by atoms with Gasteiger partial charge in [0.25, 0.3) is 0 Å². The van der Waals surface area contributed by atoms with Crippen LogP contribution in [0.4, 0.5) is 0 Å². The summed E-state index contributed by atoms with van der Waals surface area (Å²) in [6, 6.07) is 9.22. The molecule has 3 rings (SSSR count). The standard InChI is InChI=1S/C19H27N3O2/c1-20-18(23)17(15-9-4-2-5-10-15)22-14-8-11-16(22)19(24)21-12-6-3-7-13-21/h2,4-5,9-10,16-17H,3,6-8,11-14H2,1H3,(H,20,23)/t16-,17+/m0/s1. The fourth-order valence-electron chi connectivity index (χ4n) is 3.95. The summed E-state index contributed by atoms with van der Waals surface area (Å²) in [4.78, 5) is 29.7. The molecule has 2 aliphatic heterocycles. The van der Waals surface area contributed by atoms with Crippen LogP contribution in [0.2, 0.25) is 0 Å². The van der Waals surface area contributed by atoms with Crippen LogP contribution in [0.3, 0.4) is 0 Å². The molecule has 2 heterocycles. The van der Waals surface area contributed by atoms with Gasteiger partial charge >= 0.3 is 0 Å². The van der Waals surface area contributed by atoms with E-state index in [0.717, 1.165) is 50.9 Å². The average molecular weight is 329 g/mol. The van der Waals surface area contributed by atoms with E-state index in [1.807, 2.05) is 35.2 Å². The minimum absolute atomic E-state index is 0.0421. The highest BCUT2D eigenvalue weighted by atomic mass is 16.2. The topological polar surface area (TPSA) is 52.7 Å². The van der Waals surface area contributed by atoms with Crippen molar-refractivity contribution in [1.29, 1.82) is 0 Å². The number of likely N-dealkylation sites (N-methyl/N-ethyl adjacent to an activating group) is 1. The van der Waals surface area contributed by atoms with Gasteiger partial charge in [-0.25, -0.2) is 0 Å². The Balaban J connectivity index is 1.83. The minimum atomic E-state index is -0.391. The number of amides is 2. The van der Waals surface area contributed by atoms with Gasteiger partial charge in [-0.3, -0.25) is 14.5 Å². The fraction of sp³-hybridized carbons (Fsp3) is 0.579. The Morgan fingerprint density at radius 3 is 2.42 bits per heavy atom. The van der Waals surface area contributed by atoms with E-state index in [9.17, 15) is 9.59 Å². The van der Waals surface area contributed by atoms with Gasteiger partial charge in [0.1, 0.15) is 6.04 Å². The molecular formula is C19H27N3O2. The summed E-state index contributed by atoms with van der Waals surface area (Å²) in [7, 11) is 1.66. The summed E-state index contributed by atoms with van der Waals surface area (Å²) in [6.45, 7) is 2.51. The summed E-state index contributed by atoms with van der Waals surface area (Å²) < 4.78 is 0. The molecule has 2 fully saturated rings. The van der Waals surface area contributed by atoms with Gasteiger partial charge in [-0.2, -0.15) is 0 Å². The van der Waals surface area contributed by atoms with Crippen LogP contribution in [0, 0.1) is 0 Å². The third-order valence-corrected chi connectivity index (χ3v) is 5.19. The molecule has 2 saturated heterocycles. The predicted molar refractivity (Wildman–Crippen MR) is 93.4 cm³/mol. The maximum absolute atomic E-state index is 13.0. The molecule has 0 bridgehead atoms. The first-order valence-corrected chi connectivity index (χ1v) is 9.03. The molecule has 0 aliphatic carbocycles. The molecule has 1 aromatic rings. The van der Waals surface area contributed by atoms with Crippen LogP contribution in [0.15, 0.2) is 30.3 Å². The lowest BCUT2D eigenvalue weighted by molar-refractivity contribution is -0.139. The Morgan fingerprint density at radius 1 is 1.04 bits per heavy atom. The molecule has 1 N–H and O–H groups in total. The first-order valence-electron chi connectivity index (χ1n) is 9.03. The van der Waals surface area contributed by atoms with Crippen LogP contribution in [-0.4, -0.2) is 54.3 Å². The summed E-state index contributed by atoms with van der Waals surface area (Å²) in [5.74, 6) is 0.163. The molecule has 2 amide bonds. The zero-order chi connectivity index (χ0) is 16.9. The van der Waals surface area contributed by atoms with E-state index in [1.165, 1.54) is 6.42 Å². The van der Waals surface area contributed by atoms with Gasteiger partial charge in [-0.15, -0.1) is 0 Å². The third-order valence-electron chi connectivity index (χ3n) is 5.19. The third kappa shape index (κ3) is 3.46. The Hall–Kier alpha value is -1.88. The zero-order valence-corrected chi connectivity index (χ0v) is 14.4. The van der Waals surface area contributed by atoms with E-state index in [1.54, 1.807) is 7.05 Å². The average Bonchev–Trinajstić information content (AvgIpc) is 3.12. The van der Waals surface area contributed by atoms with Gasteiger partial charge < -0.3 is 10.2 Å². The first kappa shape index (κ1) is 17.0. The summed E-state index contributed by atoms with van der Waals surface area (Å²) in [5, 5.41) is 2.77. The lowest BCUT2D eigenvalue weighted by Crippen LogP contribution is -2.50. The second-order valence-corrected chi connectivity index (χ2v) is 6.71. The van der Waals surface area contributed by atoms with Crippen molar-refractivity contribution in [3.05, 3.63) is 35.9 Å². The number of carbonyl (C=O) groups is 2. The van der Waals surface area contributed by atoms with Gasteiger partial charge in [0.2, 0.25) is 11.8 Å². The van der Waals surface area contributed by atoms with Crippen molar-refractivity contribution in [1.82, 2.24) is 15.1 Å². The normalized spacial score (nSPS) is 23.0. The maximum atomic E-state index is 13.0. The quantitative estimate of drug-likeness (QED) is 0.919. The van der Waals surface area contributed by atoms with Crippen molar-refractivity contribution in [2.24, 2.45) is 0 Å². The molecule has 1 aromatic carbocycles. The molecule has 0 aromatic heterocycles. The molecule has 5 nitrogen and oxygen atoms in total. The molecule has 0 radical (unpaired) electrons. The van der Waals surface area contributed by atoms with Gasteiger partial charge in [-0.1, -0.05) is 30.3 Å². The number of likely N-dealkylation sites (tertiary alicyclic amines) is 2. The smallest absolute Gasteiger partial charge is 0.241 e. The van der Waals surface area contributed by atoms with E-state index >= 15 is 0 Å². The lowest BCUT2D eigenvalue weighted by Gasteiger charge is -2.35.